The highest BCUT2D eigenvalue weighted by Crippen LogP contribution is 2.18. The van der Waals surface area contributed by atoms with Gasteiger partial charge in [0.25, 0.3) is 0 Å². The van der Waals surface area contributed by atoms with E-state index >= 15 is 0 Å². The summed E-state index contributed by atoms with van der Waals surface area (Å²) < 4.78 is 13.9. The second-order valence-electron chi connectivity index (χ2n) is 6.25. The van der Waals surface area contributed by atoms with E-state index in [1.54, 1.807) is 12.3 Å². The van der Waals surface area contributed by atoms with Crippen molar-refractivity contribution in [3.05, 3.63) is 54.0 Å². The van der Waals surface area contributed by atoms with Crippen molar-refractivity contribution in [3.63, 3.8) is 0 Å². The fourth-order valence-electron chi connectivity index (χ4n) is 3.05. The second kappa shape index (κ2) is 8.62. The smallest absolute Gasteiger partial charge is 0.223 e. The first-order valence-corrected chi connectivity index (χ1v) is 8.89. The zero-order chi connectivity index (χ0) is 18.4. The Morgan fingerprint density at radius 3 is 2.54 bits per heavy atom. The summed E-state index contributed by atoms with van der Waals surface area (Å²) in [5.41, 5.74) is 4.25. The summed E-state index contributed by atoms with van der Waals surface area (Å²) in [4.78, 5) is 12.5. The summed E-state index contributed by atoms with van der Waals surface area (Å²) in [7, 11) is 0. The third-order valence-corrected chi connectivity index (χ3v) is 4.43. The van der Waals surface area contributed by atoms with E-state index in [1.165, 1.54) is 11.6 Å². The molecule has 2 N–H and O–H groups in total. The summed E-state index contributed by atoms with van der Waals surface area (Å²) in [6, 6.07) is 11.0. The molecule has 1 aliphatic rings. The van der Waals surface area contributed by atoms with Crippen molar-refractivity contribution in [1.29, 1.82) is 0 Å². The molecule has 7 heteroatoms. The molecule has 1 aliphatic heterocycles. The standard InChI is InChI=1S/C19H24FN5O/c1-2-4-15-6-8-16(9-7-15)22-19(23-26)25-13-11-24(12-14-25)18-17(20)5-3-10-21-18/h3,5-10,26H,2,4,11-14H2,1H3,(H,22,23). The van der Waals surface area contributed by atoms with Crippen LogP contribution in [0.3, 0.4) is 0 Å². The first kappa shape index (κ1) is 18.1. The van der Waals surface area contributed by atoms with Crippen LogP contribution >= 0.6 is 0 Å². The Balaban J connectivity index is 1.65. The number of halogens is 1. The molecule has 2 heterocycles. The molecule has 1 aromatic heterocycles. The number of aromatic nitrogens is 1. The molecule has 3 rings (SSSR count). The highest BCUT2D eigenvalue weighted by atomic mass is 19.1. The number of aryl methyl sites for hydroxylation is 1. The van der Waals surface area contributed by atoms with Gasteiger partial charge in [0, 0.05) is 32.4 Å². The molecule has 138 valence electrons. The third kappa shape index (κ3) is 4.29. The van der Waals surface area contributed by atoms with Gasteiger partial charge in [-0.15, -0.1) is 0 Å². The maximum Gasteiger partial charge on any atom is 0.223 e. The highest BCUT2D eigenvalue weighted by Gasteiger charge is 2.22. The van der Waals surface area contributed by atoms with E-state index in [-0.39, 0.29) is 5.82 Å². The molecule has 0 unspecified atom stereocenters. The van der Waals surface area contributed by atoms with Crippen molar-refractivity contribution in [1.82, 2.24) is 15.4 Å². The van der Waals surface area contributed by atoms with Gasteiger partial charge in [0.2, 0.25) is 5.96 Å². The third-order valence-electron chi connectivity index (χ3n) is 4.43. The topological polar surface area (TPSA) is 64.0 Å². The predicted molar refractivity (Wildman–Crippen MR) is 100 cm³/mol. The minimum Gasteiger partial charge on any atom is -0.351 e. The fourth-order valence-corrected chi connectivity index (χ4v) is 3.05. The van der Waals surface area contributed by atoms with Crippen LogP contribution in [0.5, 0.6) is 0 Å². The van der Waals surface area contributed by atoms with Crippen LogP contribution in [0, 0.1) is 5.82 Å². The molecule has 1 aromatic carbocycles. The van der Waals surface area contributed by atoms with Crippen molar-refractivity contribution in [2.24, 2.45) is 4.99 Å². The van der Waals surface area contributed by atoms with E-state index in [9.17, 15) is 9.60 Å². The van der Waals surface area contributed by atoms with Crippen LogP contribution in [0.25, 0.3) is 0 Å². The van der Waals surface area contributed by atoms with Crippen LogP contribution in [-0.2, 0) is 6.42 Å². The summed E-state index contributed by atoms with van der Waals surface area (Å²) in [6.07, 6.45) is 3.74. The maximum atomic E-state index is 13.9. The Bertz CT molecular complexity index is 742. The number of nitrogens with one attached hydrogen (secondary N) is 1. The number of aliphatic imine (C=N–C) groups is 1. The van der Waals surface area contributed by atoms with Crippen molar-refractivity contribution in [2.45, 2.75) is 19.8 Å². The lowest BCUT2D eigenvalue weighted by Gasteiger charge is -2.36. The van der Waals surface area contributed by atoms with Crippen molar-refractivity contribution < 1.29 is 9.60 Å². The molecule has 0 spiro atoms. The molecular formula is C19H24FN5O. The first-order valence-electron chi connectivity index (χ1n) is 8.89. The number of guanidine groups is 1. The molecule has 2 aromatic rings. The number of hydrogen-bond acceptors (Lipinski definition) is 4. The molecule has 0 atom stereocenters. The molecule has 0 amide bonds. The van der Waals surface area contributed by atoms with E-state index in [0.717, 1.165) is 18.5 Å². The summed E-state index contributed by atoms with van der Waals surface area (Å²) in [5.74, 6) is 0.450. The molecule has 26 heavy (non-hydrogen) atoms. The molecular weight excluding hydrogens is 333 g/mol. The first-order chi connectivity index (χ1) is 12.7. The van der Waals surface area contributed by atoms with Gasteiger partial charge >= 0.3 is 0 Å². The number of hydroxylamine groups is 1. The largest absolute Gasteiger partial charge is 0.351 e. The van der Waals surface area contributed by atoms with Gasteiger partial charge < -0.3 is 9.80 Å². The molecule has 0 saturated carbocycles. The second-order valence-corrected chi connectivity index (χ2v) is 6.25. The molecule has 0 aliphatic carbocycles. The van der Waals surface area contributed by atoms with Crippen molar-refractivity contribution in [2.75, 3.05) is 31.1 Å². The zero-order valence-electron chi connectivity index (χ0n) is 14.9. The molecule has 6 nitrogen and oxygen atoms in total. The Morgan fingerprint density at radius 1 is 1.19 bits per heavy atom. The average molecular weight is 357 g/mol. The Labute approximate surface area is 153 Å². The van der Waals surface area contributed by atoms with Crippen LogP contribution < -0.4 is 10.4 Å². The molecule has 1 saturated heterocycles. The van der Waals surface area contributed by atoms with Gasteiger partial charge in [-0.05, 0) is 36.2 Å². The van der Waals surface area contributed by atoms with Gasteiger partial charge in [0.1, 0.15) is 0 Å². The van der Waals surface area contributed by atoms with Crippen LogP contribution in [-0.4, -0.2) is 47.2 Å². The number of benzene rings is 1. The SMILES string of the molecule is CCCc1ccc(N=C(NO)N2CCN(c3ncccc3F)CC2)cc1. The fraction of sp³-hybridized carbons (Fsp3) is 0.368. The van der Waals surface area contributed by atoms with Gasteiger partial charge in [-0.1, -0.05) is 25.5 Å². The van der Waals surface area contributed by atoms with Gasteiger partial charge in [-0.3, -0.25) is 5.21 Å². The van der Waals surface area contributed by atoms with E-state index in [0.29, 0.717) is 38.0 Å². The number of hydrogen-bond donors (Lipinski definition) is 2. The average Bonchev–Trinajstić information content (AvgIpc) is 2.68. The number of anilines is 1. The van der Waals surface area contributed by atoms with Crippen molar-refractivity contribution in [3.8, 4) is 0 Å². The van der Waals surface area contributed by atoms with E-state index in [4.69, 9.17) is 0 Å². The minimum absolute atomic E-state index is 0.317. The quantitative estimate of drug-likeness (QED) is 0.500. The highest BCUT2D eigenvalue weighted by molar-refractivity contribution is 5.82. The van der Waals surface area contributed by atoms with Crippen LogP contribution in [0.1, 0.15) is 18.9 Å². The van der Waals surface area contributed by atoms with Gasteiger partial charge in [0.05, 0.1) is 5.69 Å². The Kier molecular flexibility index (Phi) is 6.01. The Morgan fingerprint density at radius 2 is 1.92 bits per heavy atom. The molecule has 0 bridgehead atoms. The zero-order valence-corrected chi connectivity index (χ0v) is 14.9. The lowest BCUT2D eigenvalue weighted by atomic mass is 10.1. The summed E-state index contributed by atoms with van der Waals surface area (Å²) in [5, 5.41) is 9.50. The number of nitrogens with zero attached hydrogens (tertiary/aromatic N) is 4. The van der Waals surface area contributed by atoms with E-state index < -0.39 is 0 Å². The van der Waals surface area contributed by atoms with Crippen LogP contribution in [0.4, 0.5) is 15.9 Å². The van der Waals surface area contributed by atoms with E-state index in [2.05, 4.69) is 34.5 Å². The number of pyridine rings is 1. The normalized spacial score (nSPS) is 15.3. The van der Waals surface area contributed by atoms with E-state index in [1.807, 2.05) is 21.9 Å². The van der Waals surface area contributed by atoms with Gasteiger partial charge in [0.15, 0.2) is 11.6 Å². The van der Waals surface area contributed by atoms with Crippen LogP contribution in [0.15, 0.2) is 47.6 Å². The summed E-state index contributed by atoms with van der Waals surface area (Å²) in [6.45, 7) is 4.57. The van der Waals surface area contributed by atoms with Crippen LogP contribution in [0.2, 0.25) is 0 Å². The predicted octanol–water partition coefficient (Wildman–Crippen LogP) is 2.96. The van der Waals surface area contributed by atoms with Crippen molar-refractivity contribution >= 4 is 17.5 Å². The number of rotatable bonds is 4. The van der Waals surface area contributed by atoms with Gasteiger partial charge in [-0.25, -0.2) is 19.8 Å². The summed E-state index contributed by atoms with van der Waals surface area (Å²) >= 11 is 0. The molecule has 1 fully saturated rings. The monoisotopic (exact) mass is 357 g/mol. The lowest BCUT2D eigenvalue weighted by molar-refractivity contribution is 0.207. The molecule has 0 radical (unpaired) electrons. The van der Waals surface area contributed by atoms with Gasteiger partial charge in [-0.2, -0.15) is 0 Å². The number of piperazine rings is 1. The lowest BCUT2D eigenvalue weighted by Crippen LogP contribution is -2.52. The Hall–Kier alpha value is -2.67. The maximum absolute atomic E-state index is 13.9. The minimum atomic E-state index is -0.317.